The van der Waals surface area contributed by atoms with Crippen molar-refractivity contribution in [2.75, 3.05) is 26.4 Å². The summed E-state index contributed by atoms with van der Waals surface area (Å²) in [5, 5.41) is 5.70. The smallest absolute Gasteiger partial charge is 0.462 e. The standard InChI is InChI=1S/C88H137Cl6N2O19P/c1-7-11-15-19-23-27-31-35-44-58-73(108-77(98)60-50-37-33-29-25-21-17-13-9-3)62-76(97)95-70(65-104-64-69-52-42-39-43-53-69)66-105-83-80(96-84(101)107-68-87(89,90)91)82(111-79(100)63-74(59-45-36-32-28-24-20-16-12-8-2)109-78(99)61-51-38-34-30-26-22-18-14-10-4)81(75(110-83)67-106-85(102)112-86(5,6)88(92,93)94)115-116(103,113-71-54-46-40-47-55-71)114-72-56-48-41-49-57-72/h39-43,46-49,52-57,70,73-75,80-83H,7-38,44-45,50-51,58-68H2,1-6H3,(H,95,97)(H,96,101)/t70-,73+,74+,75+,80+,81+,82+,83?/m0/s1. The monoisotopic (exact) mass is 1770 g/mol. The minimum absolute atomic E-state index is 0.0262. The molecule has 0 radical (unpaired) electrons. The lowest BCUT2D eigenvalue weighted by Crippen LogP contribution is -2.67. The van der Waals surface area contributed by atoms with Crippen molar-refractivity contribution in [3.63, 3.8) is 0 Å². The number of rotatable bonds is 66. The summed E-state index contributed by atoms with van der Waals surface area (Å²) in [6, 6.07) is 22.0. The van der Waals surface area contributed by atoms with Gasteiger partial charge in [0, 0.05) is 12.8 Å². The molecular formula is C88H137Cl6N2O19P. The van der Waals surface area contributed by atoms with Crippen LogP contribution in [-0.4, -0.2) is 125 Å². The van der Waals surface area contributed by atoms with E-state index in [0.29, 0.717) is 32.1 Å². The first-order valence-electron chi connectivity index (χ1n) is 43.2. The molecule has 28 heteroatoms. The molecule has 3 aromatic rings. The number of para-hydroxylation sites is 2. The van der Waals surface area contributed by atoms with Gasteiger partial charge in [0.15, 0.2) is 18.0 Å². The van der Waals surface area contributed by atoms with E-state index < -0.39 is 126 Å². The Balaban J connectivity index is 1.89. The van der Waals surface area contributed by atoms with Gasteiger partial charge < -0.3 is 62.3 Å². The van der Waals surface area contributed by atoms with E-state index in [1.165, 1.54) is 102 Å². The first-order chi connectivity index (χ1) is 55.7. The van der Waals surface area contributed by atoms with Crippen molar-refractivity contribution in [2.24, 2.45) is 0 Å². The molecule has 8 atom stereocenters. The minimum Gasteiger partial charge on any atom is -0.462 e. The van der Waals surface area contributed by atoms with Gasteiger partial charge in [0.1, 0.15) is 55.2 Å². The molecule has 21 nitrogen and oxygen atoms in total. The molecule has 116 heavy (non-hydrogen) atoms. The fraction of sp³-hybridized carbons (Fsp3) is 0.727. The third-order valence-electron chi connectivity index (χ3n) is 20.0. The summed E-state index contributed by atoms with van der Waals surface area (Å²) in [5.74, 6) is -2.50. The quantitative estimate of drug-likeness (QED) is 0.0175. The molecule has 0 bridgehead atoms. The maximum Gasteiger partial charge on any atom is 0.588 e. The van der Waals surface area contributed by atoms with E-state index in [9.17, 15) is 24.0 Å². The Labute approximate surface area is 723 Å². The highest BCUT2D eigenvalue weighted by molar-refractivity contribution is 7.49. The normalized spacial score (nSPS) is 16.6. The number of unbranched alkanes of at least 4 members (excludes halogenated alkanes) is 32. The number of halogens is 6. The summed E-state index contributed by atoms with van der Waals surface area (Å²) in [6.45, 7) is 8.98. The molecular weight excluding hydrogens is 1630 g/mol. The van der Waals surface area contributed by atoms with E-state index in [1.54, 1.807) is 36.4 Å². The fourth-order valence-electron chi connectivity index (χ4n) is 13.3. The maximum atomic E-state index is 16.0. The topological polar surface area (TPSA) is 254 Å². The maximum absolute atomic E-state index is 16.0. The van der Waals surface area contributed by atoms with Gasteiger partial charge in [-0.1, -0.05) is 369 Å². The van der Waals surface area contributed by atoms with E-state index in [2.05, 4.69) is 38.3 Å². The molecule has 1 aliphatic heterocycles. The Kier molecular flexibility index (Phi) is 55.3. The van der Waals surface area contributed by atoms with Crippen LogP contribution in [0.25, 0.3) is 0 Å². The highest BCUT2D eigenvalue weighted by Gasteiger charge is 2.55. The predicted octanol–water partition coefficient (Wildman–Crippen LogP) is 25.0. The lowest BCUT2D eigenvalue weighted by molar-refractivity contribution is -0.272. The van der Waals surface area contributed by atoms with Gasteiger partial charge in [-0.2, -0.15) is 0 Å². The largest absolute Gasteiger partial charge is 0.588 e. The van der Waals surface area contributed by atoms with Gasteiger partial charge in [0.25, 0.3) is 0 Å². The summed E-state index contributed by atoms with van der Waals surface area (Å²) >= 11 is 37.4. The summed E-state index contributed by atoms with van der Waals surface area (Å²) in [4.78, 5) is 86.5. The first-order valence-corrected chi connectivity index (χ1v) is 46.9. The molecule has 0 aromatic heterocycles. The van der Waals surface area contributed by atoms with Crippen molar-refractivity contribution in [1.29, 1.82) is 0 Å². The average Bonchev–Trinajstić information content (AvgIpc) is 0.770. The van der Waals surface area contributed by atoms with Crippen molar-refractivity contribution in [3.05, 3.63) is 96.6 Å². The van der Waals surface area contributed by atoms with Crippen LogP contribution in [0.15, 0.2) is 91.0 Å². The van der Waals surface area contributed by atoms with E-state index >= 15 is 9.36 Å². The van der Waals surface area contributed by atoms with Gasteiger partial charge in [0.05, 0.1) is 38.7 Å². The van der Waals surface area contributed by atoms with Crippen LogP contribution < -0.4 is 19.7 Å². The van der Waals surface area contributed by atoms with Crippen LogP contribution in [0.3, 0.4) is 0 Å². The molecule has 1 heterocycles. The van der Waals surface area contributed by atoms with Crippen molar-refractivity contribution < 1.29 is 89.5 Å². The predicted molar refractivity (Wildman–Crippen MR) is 461 cm³/mol. The number of ether oxygens (including phenoxy) is 9. The lowest BCUT2D eigenvalue weighted by atomic mass is 9.96. The molecule has 3 aromatic carbocycles. The van der Waals surface area contributed by atoms with E-state index in [0.717, 1.165) is 147 Å². The van der Waals surface area contributed by atoms with Crippen molar-refractivity contribution in [3.8, 4) is 11.5 Å². The average molecular weight is 1770 g/mol. The van der Waals surface area contributed by atoms with E-state index in [1.807, 2.05) is 30.3 Å². The molecule has 0 saturated carbocycles. The van der Waals surface area contributed by atoms with Crippen molar-refractivity contribution >= 4 is 113 Å². The van der Waals surface area contributed by atoms with Crippen molar-refractivity contribution in [1.82, 2.24) is 10.6 Å². The number of carbonyl (C=O) groups excluding carboxylic acids is 6. The molecule has 2 amide bonds. The number of alkyl carbamates (subject to hydrolysis) is 1. The van der Waals surface area contributed by atoms with Crippen LogP contribution in [0.1, 0.15) is 317 Å². The van der Waals surface area contributed by atoms with Crippen LogP contribution in [-0.2, 0) is 77.5 Å². The summed E-state index contributed by atoms with van der Waals surface area (Å²) in [5.41, 5.74) is -1.03. The van der Waals surface area contributed by atoms with Crippen LogP contribution in [0, 0.1) is 0 Å². The number of carbonyl (C=O) groups is 6. The second kappa shape index (κ2) is 61.7. The molecule has 0 aliphatic carbocycles. The summed E-state index contributed by atoms with van der Waals surface area (Å²) < 4.78 is 86.3. The Bertz CT molecular complexity index is 3100. The molecule has 1 saturated heterocycles. The number of amides is 2. The SMILES string of the molecule is CCCCCCCCCCCC(=O)O[C@H](CCCCCCCCCCC)CC(=O)N[C@@H](COCc1ccccc1)COC1O[C@H](COC(=O)OC(C)(C)C(Cl)(Cl)Cl)[C@@H](OP(=O)(Oc2ccccc2)Oc2ccccc2)[C@H](OC(=O)C[C@@H](CCCCCCCCCCC)OC(=O)CCCCCCCCCCC)[C@H]1NC(=O)OCC(Cl)(Cl)Cl. The number of benzene rings is 3. The summed E-state index contributed by atoms with van der Waals surface area (Å²) in [6.07, 6.45) is 25.2. The first kappa shape index (κ1) is 104. The van der Waals surface area contributed by atoms with Crippen LogP contribution in [0.4, 0.5) is 9.59 Å². The molecule has 2 N–H and O–H groups in total. The van der Waals surface area contributed by atoms with Gasteiger partial charge in [0.2, 0.25) is 13.5 Å². The Morgan fingerprint density at radius 2 is 0.905 bits per heavy atom. The fourth-order valence-corrected chi connectivity index (χ4v) is 15.1. The second-order valence-corrected chi connectivity index (χ2v) is 37.2. The zero-order chi connectivity index (χ0) is 84.6. The number of alkyl halides is 6. The Morgan fingerprint density at radius 3 is 1.34 bits per heavy atom. The molecule has 1 fully saturated rings. The number of phosphoric acid groups is 1. The van der Waals surface area contributed by atoms with E-state index in [4.69, 9.17) is 126 Å². The molecule has 660 valence electrons. The van der Waals surface area contributed by atoms with Crippen LogP contribution in [0.2, 0.25) is 0 Å². The second-order valence-electron chi connectivity index (χ2n) is 31.0. The minimum atomic E-state index is -5.21. The third-order valence-corrected chi connectivity index (χ3v) is 23.1. The Hall–Kier alpha value is -4.51. The number of nitrogens with one attached hydrogen (secondary N) is 2. The van der Waals surface area contributed by atoms with Gasteiger partial charge in [-0.05, 0) is 82.2 Å². The zero-order valence-electron chi connectivity index (χ0n) is 70.0. The van der Waals surface area contributed by atoms with Crippen molar-refractivity contribution in [2.45, 2.75) is 380 Å². The van der Waals surface area contributed by atoms with Gasteiger partial charge in [-0.25, -0.2) is 14.2 Å². The Morgan fingerprint density at radius 1 is 0.491 bits per heavy atom. The van der Waals surface area contributed by atoms with Crippen LogP contribution in [0.5, 0.6) is 11.5 Å². The van der Waals surface area contributed by atoms with E-state index in [-0.39, 0.29) is 56.4 Å². The third kappa shape index (κ3) is 48.8. The van der Waals surface area contributed by atoms with Crippen LogP contribution >= 0.6 is 77.4 Å². The summed E-state index contributed by atoms with van der Waals surface area (Å²) in [7, 11) is -5.21. The van der Waals surface area contributed by atoms with Gasteiger partial charge in [-0.3, -0.25) is 23.7 Å². The molecule has 4 rings (SSSR count). The number of phosphoric ester groups is 1. The lowest BCUT2D eigenvalue weighted by Gasteiger charge is -2.45. The molecule has 1 aliphatic rings. The highest BCUT2D eigenvalue weighted by Crippen LogP contribution is 2.53. The number of hydrogen-bond acceptors (Lipinski definition) is 19. The number of hydrogen-bond donors (Lipinski definition) is 2. The zero-order valence-corrected chi connectivity index (χ0v) is 75.4. The highest BCUT2D eigenvalue weighted by atomic mass is 35.6. The molecule has 1 unspecified atom stereocenters. The van der Waals surface area contributed by atoms with Gasteiger partial charge >= 0.3 is 38.0 Å². The number of esters is 3. The van der Waals surface area contributed by atoms with Gasteiger partial charge in [-0.15, -0.1) is 0 Å². The molecule has 0 spiro atoms.